The molecule has 0 heterocycles. The molecule has 0 radical (unpaired) electrons. The summed E-state index contributed by atoms with van der Waals surface area (Å²) >= 11 is 0. The van der Waals surface area contributed by atoms with Crippen molar-refractivity contribution in [2.24, 2.45) is 11.7 Å². The normalized spacial score (nSPS) is 11.9. The highest BCUT2D eigenvalue weighted by atomic mass is 19.1. The summed E-state index contributed by atoms with van der Waals surface area (Å²) in [6.45, 7) is 3.34. The fourth-order valence-electron chi connectivity index (χ4n) is 2.28. The number of benzene rings is 2. The van der Waals surface area contributed by atoms with Gasteiger partial charge >= 0.3 is 0 Å². The third-order valence-corrected chi connectivity index (χ3v) is 3.86. The van der Waals surface area contributed by atoms with Gasteiger partial charge in [0, 0.05) is 11.3 Å². The minimum atomic E-state index is -0.705. The fraction of sp³-hybridized carbons (Fsp3) is 0.263. The van der Waals surface area contributed by atoms with Crippen molar-refractivity contribution in [1.82, 2.24) is 5.32 Å². The molecule has 26 heavy (non-hydrogen) atoms. The lowest BCUT2D eigenvalue weighted by Crippen LogP contribution is -2.46. The average Bonchev–Trinajstić information content (AvgIpc) is 2.61. The first-order valence-corrected chi connectivity index (χ1v) is 8.16. The molecule has 0 bridgehead atoms. The topological polar surface area (TPSA) is 84.2 Å². The Labute approximate surface area is 150 Å². The molecule has 0 aliphatic heterocycles. The van der Waals surface area contributed by atoms with Gasteiger partial charge in [0.15, 0.2) is 0 Å². The van der Waals surface area contributed by atoms with Crippen LogP contribution in [-0.2, 0) is 9.59 Å². The van der Waals surface area contributed by atoms with Crippen LogP contribution in [0, 0.1) is 17.6 Å². The van der Waals surface area contributed by atoms with Crippen molar-refractivity contribution in [1.29, 1.82) is 0 Å². The summed E-state index contributed by atoms with van der Waals surface area (Å²) < 4.78 is 26.7. The second-order valence-corrected chi connectivity index (χ2v) is 6.23. The maximum Gasteiger partial charge on any atom is 0.243 e. The van der Waals surface area contributed by atoms with E-state index in [9.17, 15) is 18.4 Å². The molecule has 0 spiro atoms. The van der Waals surface area contributed by atoms with Gasteiger partial charge in [0.25, 0.3) is 0 Å². The van der Waals surface area contributed by atoms with Gasteiger partial charge in [0.2, 0.25) is 11.8 Å². The van der Waals surface area contributed by atoms with Gasteiger partial charge in [-0.15, -0.1) is 0 Å². The van der Waals surface area contributed by atoms with Crippen LogP contribution < -0.4 is 16.4 Å². The number of carbonyl (C=O) groups is 2. The van der Waals surface area contributed by atoms with Crippen molar-refractivity contribution in [3.05, 3.63) is 54.1 Å². The molecule has 2 rings (SSSR count). The lowest BCUT2D eigenvalue weighted by molar-refractivity contribution is -0.125. The Kier molecular flexibility index (Phi) is 6.41. The van der Waals surface area contributed by atoms with Crippen molar-refractivity contribution < 1.29 is 18.4 Å². The SMILES string of the molecule is CC(C)[C@H](N)C(=O)NCC(=O)Nc1ccc(F)cc1-c1ccc(F)cc1. The van der Waals surface area contributed by atoms with E-state index in [0.29, 0.717) is 16.8 Å². The van der Waals surface area contributed by atoms with Gasteiger partial charge in [-0.1, -0.05) is 26.0 Å². The van der Waals surface area contributed by atoms with E-state index in [1.165, 1.54) is 42.5 Å². The maximum atomic E-state index is 13.6. The first kappa shape index (κ1) is 19.5. The summed E-state index contributed by atoms with van der Waals surface area (Å²) in [4.78, 5) is 23.9. The van der Waals surface area contributed by atoms with E-state index in [4.69, 9.17) is 5.73 Å². The maximum absolute atomic E-state index is 13.6. The van der Waals surface area contributed by atoms with Crippen molar-refractivity contribution >= 4 is 17.5 Å². The molecule has 2 amide bonds. The summed E-state index contributed by atoms with van der Waals surface area (Å²) in [5, 5.41) is 5.08. The van der Waals surface area contributed by atoms with E-state index in [1.54, 1.807) is 13.8 Å². The lowest BCUT2D eigenvalue weighted by atomic mass is 10.0. The highest BCUT2D eigenvalue weighted by Gasteiger charge is 2.18. The van der Waals surface area contributed by atoms with Crippen LogP contribution in [0.5, 0.6) is 0 Å². The van der Waals surface area contributed by atoms with Crippen molar-refractivity contribution in [3.63, 3.8) is 0 Å². The molecular formula is C19H21F2N3O2. The number of carbonyl (C=O) groups excluding carboxylic acids is 2. The Bertz CT molecular complexity index is 792. The van der Waals surface area contributed by atoms with Crippen LogP contribution in [0.1, 0.15) is 13.8 Å². The third-order valence-electron chi connectivity index (χ3n) is 3.86. The summed E-state index contributed by atoms with van der Waals surface area (Å²) in [7, 11) is 0. The van der Waals surface area contributed by atoms with Crippen molar-refractivity contribution in [2.45, 2.75) is 19.9 Å². The lowest BCUT2D eigenvalue weighted by Gasteiger charge is -2.16. The van der Waals surface area contributed by atoms with Gasteiger partial charge in [-0.2, -0.15) is 0 Å². The first-order chi connectivity index (χ1) is 12.3. The van der Waals surface area contributed by atoms with Gasteiger partial charge in [0.05, 0.1) is 12.6 Å². The molecule has 0 fully saturated rings. The van der Waals surface area contributed by atoms with Gasteiger partial charge in [-0.05, 0) is 41.8 Å². The van der Waals surface area contributed by atoms with Crippen LogP contribution in [0.2, 0.25) is 0 Å². The van der Waals surface area contributed by atoms with Crippen LogP contribution in [0.4, 0.5) is 14.5 Å². The van der Waals surface area contributed by atoms with Crippen LogP contribution in [0.3, 0.4) is 0 Å². The van der Waals surface area contributed by atoms with E-state index < -0.39 is 29.5 Å². The number of hydrogen-bond donors (Lipinski definition) is 3. The Balaban J connectivity index is 2.10. The van der Waals surface area contributed by atoms with E-state index in [2.05, 4.69) is 10.6 Å². The third kappa shape index (κ3) is 5.10. The van der Waals surface area contributed by atoms with Crippen LogP contribution >= 0.6 is 0 Å². The number of nitrogens with one attached hydrogen (secondary N) is 2. The molecule has 0 aromatic heterocycles. The van der Waals surface area contributed by atoms with E-state index in [-0.39, 0.29) is 12.5 Å². The van der Waals surface area contributed by atoms with Crippen molar-refractivity contribution in [3.8, 4) is 11.1 Å². The molecule has 0 saturated carbocycles. The molecule has 138 valence electrons. The molecule has 2 aromatic carbocycles. The molecule has 5 nitrogen and oxygen atoms in total. The fourth-order valence-corrected chi connectivity index (χ4v) is 2.28. The minimum Gasteiger partial charge on any atom is -0.346 e. The molecule has 1 atom stereocenters. The van der Waals surface area contributed by atoms with Crippen LogP contribution in [-0.4, -0.2) is 24.4 Å². The Morgan fingerprint density at radius 1 is 1.04 bits per heavy atom. The van der Waals surface area contributed by atoms with Crippen LogP contribution in [0.25, 0.3) is 11.1 Å². The highest BCUT2D eigenvalue weighted by Crippen LogP contribution is 2.29. The molecule has 4 N–H and O–H groups in total. The zero-order chi connectivity index (χ0) is 19.3. The Morgan fingerprint density at radius 3 is 2.27 bits per heavy atom. The quantitative estimate of drug-likeness (QED) is 0.740. The van der Waals surface area contributed by atoms with E-state index in [1.807, 2.05) is 0 Å². The predicted molar refractivity (Wildman–Crippen MR) is 96.2 cm³/mol. The van der Waals surface area contributed by atoms with Gasteiger partial charge in [-0.25, -0.2) is 8.78 Å². The van der Waals surface area contributed by atoms with E-state index >= 15 is 0 Å². The Morgan fingerprint density at radius 2 is 1.65 bits per heavy atom. The number of hydrogen-bond acceptors (Lipinski definition) is 3. The van der Waals surface area contributed by atoms with Crippen LogP contribution in [0.15, 0.2) is 42.5 Å². The second-order valence-electron chi connectivity index (χ2n) is 6.23. The van der Waals surface area contributed by atoms with Crippen molar-refractivity contribution in [2.75, 3.05) is 11.9 Å². The number of anilines is 1. The zero-order valence-electron chi connectivity index (χ0n) is 14.6. The largest absolute Gasteiger partial charge is 0.346 e. The number of halogens is 2. The zero-order valence-corrected chi connectivity index (χ0v) is 14.6. The molecular weight excluding hydrogens is 340 g/mol. The molecule has 0 aliphatic carbocycles. The predicted octanol–water partition coefficient (Wildman–Crippen LogP) is 2.67. The smallest absolute Gasteiger partial charge is 0.243 e. The summed E-state index contributed by atoms with van der Waals surface area (Å²) in [6, 6.07) is 8.63. The summed E-state index contributed by atoms with van der Waals surface area (Å²) in [6.07, 6.45) is 0. The molecule has 0 aliphatic rings. The summed E-state index contributed by atoms with van der Waals surface area (Å²) in [5.74, 6) is -1.86. The number of nitrogens with two attached hydrogens (primary N) is 1. The number of rotatable bonds is 6. The number of amides is 2. The average molecular weight is 361 g/mol. The first-order valence-electron chi connectivity index (χ1n) is 8.16. The monoisotopic (exact) mass is 361 g/mol. The Hall–Kier alpha value is -2.80. The second kappa shape index (κ2) is 8.53. The van der Waals surface area contributed by atoms with Gasteiger partial charge < -0.3 is 16.4 Å². The molecule has 0 saturated heterocycles. The molecule has 0 unspecified atom stereocenters. The minimum absolute atomic E-state index is 0.0553. The van der Waals surface area contributed by atoms with Gasteiger partial charge in [0.1, 0.15) is 11.6 Å². The standard InChI is InChI=1S/C19H21F2N3O2/c1-11(2)18(22)19(26)23-10-17(25)24-16-8-7-14(21)9-15(16)12-3-5-13(20)6-4-12/h3-9,11,18H,10,22H2,1-2H3,(H,23,26)(H,24,25)/t18-/m0/s1. The molecule has 2 aromatic rings. The summed E-state index contributed by atoms with van der Waals surface area (Å²) in [5.41, 5.74) is 7.02. The molecule has 7 heteroatoms. The highest BCUT2D eigenvalue weighted by molar-refractivity contribution is 5.98. The van der Waals surface area contributed by atoms with E-state index in [0.717, 1.165) is 0 Å². The van der Waals surface area contributed by atoms with Gasteiger partial charge in [-0.3, -0.25) is 9.59 Å².